The Hall–Kier alpha value is -1.53. The molecule has 2 rings (SSSR count). The third-order valence-electron chi connectivity index (χ3n) is 3.74. The lowest BCUT2D eigenvalue weighted by atomic mass is 10.1. The van der Waals surface area contributed by atoms with E-state index in [0.29, 0.717) is 24.5 Å². The van der Waals surface area contributed by atoms with Crippen molar-refractivity contribution in [2.45, 2.75) is 32.9 Å². The summed E-state index contributed by atoms with van der Waals surface area (Å²) in [6.45, 7) is 6.43. The molecule has 1 saturated heterocycles. The number of benzene rings is 1. The van der Waals surface area contributed by atoms with E-state index in [1.54, 1.807) is 17.0 Å². The number of rotatable bonds is 5. The smallest absolute Gasteiger partial charge is 0.410 e. The molecule has 0 saturated carbocycles. The van der Waals surface area contributed by atoms with Gasteiger partial charge in [-0.3, -0.25) is 0 Å². The van der Waals surface area contributed by atoms with Gasteiger partial charge in [0.25, 0.3) is 0 Å². The molecule has 7 heteroatoms. The molecule has 0 spiro atoms. The highest BCUT2D eigenvalue weighted by molar-refractivity contribution is 5.85. The second-order valence-corrected chi connectivity index (χ2v) is 5.20. The van der Waals surface area contributed by atoms with Gasteiger partial charge in [0.05, 0.1) is 6.61 Å². The quantitative estimate of drug-likeness (QED) is 0.890. The van der Waals surface area contributed by atoms with Gasteiger partial charge in [0, 0.05) is 31.2 Å². The van der Waals surface area contributed by atoms with Gasteiger partial charge < -0.3 is 19.7 Å². The summed E-state index contributed by atoms with van der Waals surface area (Å²) in [6.07, 6.45) is 0.464. The van der Waals surface area contributed by atoms with Crippen LogP contribution in [0.3, 0.4) is 0 Å². The number of nitrogens with one attached hydrogen (secondary N) is 1. The van der Waals surface area contributed by atoms with Crippen molar-refractivity contribution < 1.29 is 18.7 Å². The predicted molar refractivity (Wildman–Crippen MR) is 88.7 cm³/mol. The van der Waals surface area contributed by atoms with Crippen LogP contribution in [0.15, 0.2) is 18.2 Å². The predicted octanol–water partition coefficient (Wildman–Crippen LogP) is 2.97. The Bertz CT molecular complexity index is 516. The van der Waals surface area contributed by atoms with Crippen LogP contribution in [0, 0.1) is 5.82 Å². The molecule has 1 atom stereocenters. The molecule has 1 N–H and O–H groups in total. The van der Waals surface area contributed by atoms with Crippen molar-refractivity contribution in [2.75, 3.05) is 26.2 Å². The van der Waals surface area contributed by atoms with Crippen molar-refractivity contribution in [2.24, 2.45) is 0 Å². The number of piperazine rings is 1. The van der Waals surface area contributed by atoms with Crippen molar-refractivity contribution in [3.05, 3.63) is 29.6 Å². The molecule has 0 aromatic heterocycles. The Labute approximate surface area is 142 Å². The summed E-state index contributed by atoms with van der Waals surface area (Å²) in [6, 6.07) is 4.59. The average molecular weight is 347 g/mol. The normalized spacial score (nSPS) is 17.3. The largest absolute Gasteiger partial charge is 0.494 e. The summed E-state index contributed by atoms with van der Waals surface area (Å²) in [5.74, 6) is 0.173. The number of ether oxygens (including phenoxy) is 2. The fraction of sp³-hybridized carbons (Fsp3) is 0.562. The van der Waals surface area contributed by atoms with Crippen LogP contribution in [-0.2, 0) is 11.3 Å². The number of carbonyl (C=O) groups excluding carboxylic acids is 1. The van der Waals surface area contributed by atoms with Crippen molar-refractivity contribution in [1.82, 2.24) is 10.2 Å². The maximum Gasteiger partial charge on any atom is 0.410 e. The van der Waals surface area contributed by atoms with Crippen LogP contribution < -0.4 is 10.1 Å². The number of hydrogen-bond acceptors (Lipinski definition) is 4. The minimum atomic E-state index is -0.399. The molecule has 0 bridgehead atoms. The van der Waals surface area contributed by atoms with Gasteiger partial charge in [0.15, 0.2) is 0 Å². The van der Waals surface area contributed by atoms with Crippen molar-refractivity contribution in [3.63, 3.8) is 0 Å². The van der Waals surface area contributed by atoms with Crippen LogP contribution >= 0.6 is 12.4 Å². The van der Waals surface area contributed by atoms with E-state index in [1.807, 2.05) is 13.8 Å². The molecule has 0 aliphatic carbocycles. The summed E-state index contributed by atoms with van der Waals surface area (Å²) >= 11 is 0. The third-order valence-corrected chi connectivity index (χ3v) is 3.74. The number of carbonyl (C=O) groups is 1. The van der Waals surface area contributed by atoms with Crippen molar-refractivity contribution >= 4 is 18.5 Å². The molecule has 1 fully saturated rings. The lowest BCUT2D eigenvalue weighted by Gasteiger charge is -2.34. The summed E-state index contributed by atoms with van der Waals surface area (Å²) in [4.78, 5) is 13.9. The van der Waals surface area contributed by atoms with E-state index in [9.17, 15) is 9.18 Å². The van der Waals surface area contributed by atoms with E-state index >= 15 is 0 Å². The highest BCUT2D eigenvalue weighted by Gasteiger charge is 2.26. The molecule has 1 aliphatic heterocycles. The molecular formula is C16H24ClFN2O3. The van der Waals surface area contributed by atoms with Gasteiger partial charge in [0.1, 0.15) is 18.2 Å². The van der Waals surface area contributed by atoms with Gasteiger partial charge in [-0.1, -0.05) is 6.92 Å². The number of hydrogen-bond donors (Lipinski definition) is 1. The fourth-order valence-corrected chi connectivity index (χ4v) is 2.51. The third kappa shape index (κ3) is 5.25. The zero-order chi connectivity index (χ0) is 15.9. The van der Waals surface area contributed by atoms with Crippen LogP contribution in [0.2, 0.25) is 0 Å². The van der Waals surface area contributed by atoms with Gasteiger partial charge >= 0.3 is 6.09 Å². The maximum atomic E-state index is 13.8. The Balaban J connectivity index is 0.00000264. The molecule has 1 aliphatic rings. The lowest BCUT2D eigenvalue weighted by Crippen LogP contribution is -2.53. The molecule has 0 unspecified atom stereocenters. The zero-order valence-electron chi connectivity index (χ0n) is 13.5. The molecule has 5 nitrogen and oxygen atoms in total. The van der Waals surface area contributed by atoms with E-state index in [2.05, 4.69) is 5.32 Å². The fourth-order valence-electron chi connectivity index (χ4n) is 2.51. The van der Waals surface area contributed by atoms with E-state index < -0.39 is 11.9 Å². The van der Waals surface area contributed by atoms with Gasteiger partial charge in [-0.15, -0.1) is 12.4 Å². The molecular weight excluding hydrogens is 323 g/mol. The number of halogens is 2. The van der Waals surface area contributed by atoms with E-state index in [1.165, 1.54) is 6.07 Å². The van der Waals surface area contributed by atoms with Crippen LogP contribution in [0.4, 0.5) is 9.18 Å². The first-order chi connectivity index (χ1) is 10.7. The first kappa shape index (κ1) is 19.5. The molecule has 1 aromatic rings. The topological polar surface area (TPSA) is 50.8 Å². The summed E-state index contributed by atoms with van der Waals surface area (Å²) in [5.41, 5.74) is 0.322. The van der Waals surface area contributed by atoms with Crippen LogP contribution in [0.5, 0.6) is 5.75 Å². The molecule has 23 heavy (non-hydrogen) atoms. The van der Waals surface area contributed by atoms with Crippen LogP contribution in [0.1, 0.15) is 25.8 Å². The number of amides is 1. The van der Waals surface area contributed by atoms with E-state index in [0.717, 1.165) is 19.5 Å². The monoisotopic (exact) mass is 346 g/mol. The first-order valence-electron chi connectivity index (χ1n) is 7.71. The van der Waals surface area contributed by atoms with Crippen molar-refractivity contribution in [3.8, 4) is 5.75 Å². The molecule has 1 amide bonds. The molecule has 130 valence electrons. The minimum absolute atomic E-state index is 0. The Morgan fingerprint density at radius 2 is 2.22 bits per heavy atom. The van der Waals surface area contributed by atoms with Crippen LogP contribution in [-0.4, -0.2) is 43.3 Å². The lowest BCUT2D eigenvalue weighted by molar-refractivity contribution is 0.0706. The second kappa shape index (κ2) is 9.57. The maximum absolute atomic E-state index is 13.8. The summed E-state index contributed by atoms with van der Waals surface area (Å²) in [7, 11) is 0. The SMILES string of the molecule is CCOc1ccc(F)c(COC(=O)N2CCNC[C@H]2CC)c1.Cl. The molecule has 1 heterocycles. The highest BCUT2D eigenvalue weighted by atomic mass is 35.5. The summed E-state index contributed by atoms with van der Waals surface area (Å²) in [5, 5.41) is 3.25. The Morgan fingerprint density at radius 3 is 2.91 bits per heavy atom. The van der Waals surface area contributed by atoms with Gasteiger partial charge in [-0.2, -0.15) is 0 Å². The second-order valence-electron chi connectivity index (χ2n) is 5.20. The van der Waals surface area contributed by atoms with Crippen molar-refractivity contribution in [1.29, 1.82) is 0 Å². The summed E-state index contributed by atoms with van der Waals surface area (Å²) < 4.78 is 24.4. The van der Waals surface area contributed by atoms with Gasteiger partial charge in [-0.05, 0) is 31.5 Å². The molecule has 0 radical (unpaired) electrons. The van der Waals surface area contributed by atoms with E-state index in [4.69, 9.17) is 9.47 Å². The number of nitrogens with zero attached hydrogens (tertiary/aromatic N) is 1. The Kier molecular flexibility index (Phi) is 8.12. The minimum Gasteiger partial charge on any atom is -0.494 e. The zero-order valence-corrected chi connectivity index (χ0v) is 14.3. The Morgan fingerprint density at radius 1 is 1.43 bits per heavy atom. The van der Waals surface area contributed by atoms with E-state index in [-0.39, 0.29) is 25.1 Å². The standard InChI is InChI=1S/C16H23FN2O3.ClH/c1-3-13-10-18-7-8-19(13)16(20)22-11-12-9-14(21-4-2)5-6-15(12)17;/h5-6,9,13,18H,3-4,7-8,10-11H2,1-2H3;1H/t13-;/m1./s1. The van der Waals surface area contributed by atoms with Gasteiger partial charge in [-0.25, -0.2) is 9.18 Å². The van der Waals surface area contributed by atoms with Gasteiger partial charge in [0.2, 0.25) is 0 Å². The van der Waals surface area contributed by atoms with Crippen LogP contribution in [0.25, 0.3) is 0 Å². The first-order valence-corrected chi connectivity index (χ1v) is 7.71. The molecule has 1 aromatic carbocycles. The average Bonchev–Trinajstić information content (AvgIpc) is 2.55. The highest BCUT2D eigenvalue weighted by Crippen LogP contribution is 2.18.